The van der Waals surface area contributed by atoms with Crippen molar-refractivity contribution in [3.63, 3.8) is 0 Å². The van der Waals surface area contributed by atoms with Crippen LogP contribution in [0.1, 0.15) is 22.3 Å². The molecule has 0 aromatic heterocycles. The first kappa shape index (κ1) is 11.0. The number of Topliss-reactive ketones (excluding diaryl/α,β-unsaturated/α-hetero) is 2. The van der Waals surface area contributed by atoms with Crippen LogP contribution in [-0.4, -0.2) is 18.7 Å². The molecule has 0 saturated heterocycles. The van der Waals surface area contributed by atoms with Crippen molar-refractivity contribution in [2.24, 2.45) is 0 Å². The molecule has 3 rings (SSSR count). The number of hydrogen-bond acceptors (Lipinski definition) is 3. The second-order valence-electron chi connectivity index (χ2n) is 4.41. The molecular weight excluding hydrogens is 228 g/mol. The summed E-state index contributed by atoms with van der Waals surface area (Å²) < 4.78 is 5.23. The fraction of sp³-hybridized carbons (Fsp3) is 0.200. The minimum atomic E-state index is -0.428. The lowest BCUT2D eigenvalue weighted by atomic mass is 9.97. The molecule has 0 saturated carbocycles. The van der Waals surface area contributed by atoms with Gasteiger partial charge in [0.05, 0.1) is 12.7 Å². The average Bonchev–Trinajstić information content (AvgIpc) is 2.53. The van der Waals surface area contributed by atoms with E-state index >= 15 is 0 Å². The summed E-state index contributed by atoms with van der Waals surface area (Å²) in [4.78, 5) is 24.0. The molecule has 0 heterocycles. The molecule has 0 radical (unpaired) electrons. The maximum Gasteiger partial charge on any atom is 0.232 e. The highest BCUT2D eigenvalue weighted by Gasteiger charge is 2.27. The number of hydrogen-bond donors (Lipinski definition) is 0. The van der Waals surface area contributed by atoms with Gasteiger partial charge in [0.15, 0.2) is 0 Å². The summed E-state index contributed by atoms with van der Waals surface area (Å²) in [5, 5.41) is 1.85. The van der Waals surface area contributed by atoms with E-state index in [1.165, 1.54) is 7.11 Å². The molecule has 1 aliphatic rings. The zero-order valence-electron chi connectivity index (χ0n) is 10.0. The van der Waals surface area contributed by atoms with Gasteiger partial charge in [0.2, 0.25) is 11.6 Å². The van der Waals surface area contributed by atoms with E-state index in [1.54, 1.807) is 6.07 Å². The first-order valence-electron chi connectivity index (χ1n) is 5.88. The third-order valence-corrected chi connectivity index (χ3v) is 3.42. The molecule has 2 aromatic carbocycles. The summed E-state index contributed by atoms with van der Waals surface area (Å²) in [6, 6.07) is 9.54. The summed E-state index contributed by atoms with van der Waals surface area (Å²) >= 11 is 0. The standard InChI is InChI=1S/C15H12O3/c1-18-12-8-6-10-4-2-3-9-5-7-11(16)15(17)14(12)13(9)10/h2-4,6,8H,5,7H2,1H3. The Morgan fingerprint density at radius 1 is 1.06 bits per heavy atom. The van der Waals surface area contributed by atoms with Gasteiger partial charge in [-0.3, -0.25) is 9.59 Å². The molecule has 0 amide bonds. The molecule has 90 valence electrons. The van der Waals surface area contributed by atoms with Crippen LogP contribution in [0.2, 0.25) is 0 Å². The fourth-order valence-electron chi connectivity index (χ4n) is 2.54. The first-order valence-corrected chi connectivity index (χ1v) is 5.88. The van der Waals surface area contributed by atoms with Crippen LogP contribution in [0, 0.1) is 0 Å². The maximum atomic E-state index is 12.2. The van der Waals surface area contributed by atoms with E-state index in [0.717, 1.165) is 16.3 Å². The van der Waals surface area contributed by atoms with E-state index in [2.05, 4.69) is 0 Å². The van der Waals surface area contributed by atoms with Crippen molar-refractivity contribution in [3.8, 4) is 5.75 Å². The van der Waals surface area contributed by atoms with Crippen LogP contribution in [0.25, 0.3) is 10.8 Å². The fourth-order valence-corrected chi connectivity index (χ4v) is 2.54. The number of rotatable bonds is 1. The number of carbonyl (C=O) groups excluding carboxylic acids is 2. The van der Waals surface area contributed by atoms with Crippen molar-refractivity contribution in [2.45, 2.75) is 12.8 Å². The lowest BCUT2D eigenvalue weighted by Crippen LogP contribution is -2.13. The van der Waals surface area contributed by atoms with E-state index in [1.807, 2.05) is 24.3 Å². The van der Waals surface area contributed by atoms with Gasteiger partial charge in [0.1, 0.15) is 5.75 Å². The van der Waals surface area contributed by atoms with Gasteiger partial charge in [-0.05, 0) is 28.8 Å². The van der Waals surface area contributed by atoms with Crippen molar-refractivity contribution in [1.82, 2.24) is 0 Å². The Balaban J connectivity index is 2.47. The first-order chi connectivity index (χ1) is 8.72. The predicted molar refractivity (Wildman–Crippen MR) is 68.2 cm³/mol. The Hall–Kier alpha value is -2.16. The van der Waals surface area contributed by atoms with E-state index in [0.29, 0.717) is 17.7 Å². The Labute approximate surface area is 104 Å². The lowest BCUT2D eigenvalue weighted by Gasteiger charge is -2.10. The SMILES string of the molecule is COc1ccc2cccc3c2c1C(=O)C(=O)CC3. The summed E-state index contributed by atoms with van der Waals surface area (Å²) in [6.07, 6.45) is 0.887. The third-order valence-electron chi connectivity index (χ3n) is 3.42. The van der Waals surface area contributed by atoms with E-state index in [4.69, 9.17) is 4.74 Å². The van der Waals surface area contributed by atoms with Gasteiger partial charge < -0.3 is 4.74 Å². The number of aryl methyl sites for hydroxylation is 1. The molecule has 1 aliphatic carbocycles. The second-order valence-corrected chi connectivity index (χ2v) is 4.41. The van der Waals surface area contributed by atoms with E-state index in [9.17, 15) is 9.59 Å². The van der Waals surface area contributed by atoms with Gasteiger partial charge in [0, 0.05) is 6.42 Å². The van der Waals surface area contributed by atoms with Gasteiger partial charge in [0.25, 0.3) is 0 Å². The monoisotopic (exact) mass is 240 g/mol. The second kappa shape index (κ2) is 3.95. The minimum Gasteiger partial charge on any atom is -0.496 e. The van der Waals surface area contributed by atoms with Crippen LogP contribution < -0.4 is 4.74 Å². The number of ketones is 2. The van der Waals surface area contributed by atoms with E-state index < -0.39 is 5.78 Å². The van der Waals surface area contributed by atoms with Gasteiger partial charge in [-0.15, -0.1) is 0 Å². The quantitative estimate of drug-likeness (QED) is 0.719. The Bertz CT molecular complexity index is 671. The highest BCUT2D eigenvalue weighted by Crippen LogP contribution is 2.33. The minimum absolute atomic E-state index is 0.274. The molecule has 3 heteroatoms. The molecule has 0 N–H and O–H groups in total. The Morgan fingerprint density at radius 2 is 1.89 bits per heavy atom. The predicted octanol–water partition coefficient (Wildman–Crippen LogP) is 2.55. The van der Waals surface area contributed by atoms with Crippen molar-refractivity contribution >= 4 is 22.3 Å². The van der Waals surface area contributed by atoms with Crippen LogP contribution in [-0.2, 0) is 11.2 Å². The molecule has 0 fully saturated rings. The van der Waals surface area contributed by atoms with E-state index in [-0.39, 0.29) is 12.2 Å². The van der Waals surface area contributed by atoms with Crippen LogP contribution in [0.15, 0.2) is 30.3 Å². The molecule has 0 atom stereocenters. The zero-order valence-corrected chi connectivity index (χ0v) is 10.0. The molecule has 0 aliphatic heterocycles. The van der Waals surface area contributed by atoms with Crippen LogP contribution in [0.3, 0.4) is 0 Å². The molecule has 18 heavy (non-hydrogen) atoms. The lowest BCUT2D eigenvalue weighted by molar-refractivity contribution is -0.115. The molecule has 0 bridgehead atoms. The highest BCUT2D eigenvalue weighted by molar-refractivity contribution is 6.47. The van der Waals surface area contributed by atoms with Gasteiger partial charge >= 0.3 is 0 Å². The molecule has 0 unspecified atom stereocenters. The number of carbonyl (C=O) groups is 2. The summed E-state index contributed by atoms with van der Waals surface area (Å²) in [5.74, 6) is -0.283. The summed E-state index contributed by atoms with van der Waals surface area (Å²) in [5.41, 5.74) is 1.47. The average molecular weight is 240 g/mol. The van der Waals surface area contributed by atoms with Crippen LogP contribution >= 0.6 is 0 Å². The Kier molecular flexibility index (Phi) is 2.40. The van der Waals surface area contributed by atoms with Crippen LogP contribution in [0.4, 0.5) is 0 Å². The number of benzene rings is 2. The van der Waals surface area contributed by atoms with Crippen molar-refractivity contribution in [1.29, 1.82) is 0 Å². The van der Waals surface area contributed by atoms with Crippen LogP contribution in [0.5, 0.6) is 5.75 Å². The number of ether oxygens (including phenoxy) is 1. The van der Waals surface area contributed by atoms with Crippen molar-refractivity contribution in [3.05, 3.63) is 41.5 Å². The van der Waals surface area contributed by atoms with Gasteiger partial charge in [-0.25, -0.2) is 0 Å². The molecule has 2 aromatic rings. The van der Waals surface area contributed by atoms with Gasteiger partial charge in [-0.2, -0.15) is 0 Å². The maximum absolute atomic E-state index is 12.2. The number of methoxy groups -OCH3 is 1. The Morgan fingerprint density at radius 3 is 2.67 bits per heavy atom. The third kappa shape index (κ3) is 1.44. The van der Waals surface area contributed by atoms with Crippen molar-refractivity contribution < 1.29 is 14.3 Å². The topological polar surface area (TPSA) is 43.4 Å². The van der Waals surface area contributed by atoms with Crippen molar-refractivity contribution in [2.75, 3.05) is 7.11 Å². The summed E-state index contributed by atoms with van der Waals surface area (Å²) in [6.45, 7) is 0. The normalized spacial score (nSPS) is 14.7. The largest absolute Gasteiger partial charge is 0.496 e. The molecule has 3 nitrogen and oxygen atoms in total. The highest BCUT2D eigenvalue weighted by atomic mass is 16.5. The summed E-state index contributed by atoms with van der Waals surface area (Å²) in [7, 11) is 1.52. The molecular formula is C15H12O3. The smallest absolute Gasteiger partial charge is 0.232 e. The zero-order chi connectivity index (χ0) is 12.7. The molecule has 0 spiro atoms. The van der Waals surface area contributed by atoms with Gasteiger partial charge in [-0.1, -0.05) is 24.3 Å².